The minimum atomic E-state index is -0.889. The van der Waals surface area contributed by atoms with E-state index in [-0.39, 0.29) is 28.6 Å². The van der Waals surface area contributed by atoms with Crippen LogP contribution in [0.4, 0.5) is 0 Å². The third kappa shape index (κ3) is 4.14. The number of H-pyrrole nitrogens is 1. The second kappa shape index (κ2) is 8.71. The predicted molar refractivity (Wildman–Crippen MR) is 118 cm³/mol. The predicted octanol–water partition coefficient (Wildman–Crippen LogP) is 3.34. The molecule has 1 amide bonds. The van der Waals surface area contributed by atoms with Gasteiger partial charge in [0.1, 0.15) is 0 Å². The second-order valence-electron chi connectivity index (χ2n) is 8.04. The van der Waals surface area contributed by atoms with E-state index in [0.717, 1.165) is 11.3 Å². The molecule has 1 aliphatic heterocycles. The number of carbonyl (C=O) groups is 1. The normalized spacial score (nSPS) is 16.9. The molecule has 1 aliphatic rings. The third-order valence-electron chi connectivity index (χ3n) is 5.72. The first kappa shape index (κ1) is 22.8. The molecule has 1 aromatic heterocycles. The molecule has 1 unspecified atom stereocenters. The number of aromatic amines is 1. The summed E-state index contributed by atoms with van der Waals surface area (Å²) in [7, 11) is 0. The molecule has 0 aliphatic carbocycles. The summed E-state index contributed by atoms with van der Waals surface area (Å²) >= 11 is 13.1. The lowest BCUT2D eigenvalue weighted by Crippen LogP contribution is -2.39. The van der Waals surface area contributed by atoms with Crippen LogP contribution in [0, 0.1) is 13.8 Å². The number of nitrogens with one attached hydrogen (secondary N) is 1. The second-order valence-corrected chi connectivity index (χ2v) is 8.83. The van der Waals surface area contributed by atoms with Crippen molar-refractivity contribution in [1.29, 1.82) is 0 Å². The average Bonchev–Trinajstić information content (AvgIpc) is 2.62. The van der Waals surface area contributed by atoms with Crippen LogP contribution in [0.3, 0.4) is 0 Å². The first-order valence-electron chi connectivity index (χ1n) is 9.88. The zero-order valence-corrected chi connectivity index (χ0v) is 18.9. The number of aromatic nitrogens is 1. The Labute approximate surface area is 185 Å². The summed E-state index contributed by atoms with van der Waals surface area (Å²) in [6.45, 7) is 7.34. The van der Waals surface area contributed by atoms with E-state index < -0.39 is 18.1 Å². The molecule has 0 saturated carbocycles. The van der Waals surface area contributed by atoms with Gasteiger partial charge in [-0.2, -0.15) is 0 Å². The van der Waals surface area contributed by atoms with Gasteiger partial charge in [0, 0.05) is 28.7 Å². The first-order chi connectivity index (χ1) is 14.0. The van der Waals surface area contributed by atoms with E-state index in [0.29, 0.717) is 34.7 Å². The number of aliphatic hydroxyl groups excluding tert-OH is 2. The number of nitrogens with zero attached hydrogens (tertiary/aromatic N) is 1. The van der Waals surface area contributed by atoms with Crippen LogP contribution in [-0.2, 0) is 13.0 Å². The molecule has 6 nitrogen and oxygen atoms in total. The maximum Gasteiger partial charge on any atom is 0.256 e. The fraction of sp³-hybridized carbons (Fsp3) is 0.455. The standard InChI is InChI=1S/C22H26Cl2N2O4/c1-10-7-11(2)25-21(29)16(10)9-26-6-5-14-17(23)8-15(18(12(3)27)13(4)28)20(24)19(14)22(26)30/h7-8,12-13,18,27-28H,5-6,9H2,1-4H3,(H,25,29)/t12-,13+,18?. The highest BCUT2D eigenvalue weighted by Gasteiger charge is 2.34. The number of benzene rings is 1. The number of fused-ring (bicyclic) bond motifs is 1. The fourth-order valence-electron chi connectivity index (χ4n) is 4.24. The minimum Gasteiger partial charge on any atom is -0.393 e. The summed E-state index contributed by atoms with van der Waals surface area (Å²) < 4.78 is 0. The Bertz CT molecular complexity index is 1040. The van der Waals surface area contributed by atoms with Crippen LogP contribution < -0.4 is 5.56 Å². The van der Waals surface area contributed by atoms with Gasteiger partial charge in [0.25, 0.3) is 11.5 Å². The quantitative estimate of drug-likeness (QED) is 0.648. The van der Waals surface area contributed by atoms with E-state index in [1.54, 1.807) is 24.8 Å². The summed E-state index contributed by atoms with van der Waals surface area (Å²) in [5.41, 5.74) is 3.25. The number of carbonyl (C=O) groups excluding carboxylic acids is 1. The van der Waals surface area contributed by atoms with Crippen LogP contribution in [-0.4, -0.2) is 44.8 Å². The highest BCUT2D eigenvalue weighted by molar-refractivity contribution is 6.37. The maximum atomic E-state index is 13.3. The Morgan fingerprint density at radius 2 is 1.77 bits per heavy atom. The molecule has 3 rings (SSSR count). The van der Waals surface area contributed by atoms with Gasteiger partial charge in [-0.25, -0.2) is 0 Å². The maximum absolute atomic E-state index is 13.3. The van der Waals surface area contributed by atoms with E-state index in [9.17, 15) is 19.8 Å². The number of rotatable bonds is 5. The number of aryl methyl sites for hydroxylation is 2. The summed E-state index contributed by atoms with van der Waals surface area (Å²) in [5.74, 6) is -1.01. The lowest BCUT2D eigenvalue weighted by molar-refractivity contribution is 0.0702. The van der Waals surface area contributed by atoms with E-state index in [1.807, 2.05) is 19.9 Å². The molecule has 3 atom stereocenters. The van der Waals surface area contributed by atoms with Crippen molar-refractivity contribution < 1.29 is 15.0 Å². The summed E-state index contributed by atoms with van der Waals surface area (Å²) in [4.78, 5) is 30.1. The van der Waals surface area contributed by atoms with Crippen molar-refractivity contribution in [3.8, 4) is 0 Å². The Kier molecular flexibility index (Phi) is 6.63. The van der Waals surface area contributed by atoms with Crippen molar-refractivity contribution in [1.82, 2.24) is 9.88 Å². The molecular weight excluding hydrogens is 427 g/mol. The van der Waals surface area contributed by atoms with Gasteiger partial charge < -0.3 is 20.1 Å². The first-order valence-corrected chi connectivity index (χ1v) is 10.6. The van der Waals surface area contributed by atoms with Crippen molar-refractivity contribution in [3.63, 3.8) is 0 Å². The molecule has 2 heterocycles. The fourth-order valence-corrected chi connectivity index (χ4v) is 4.92. The molecule has 8 heteroatoms. The van der Waals surface area contributed by atoms with Gasteiger partial charge in [-0.15, -0.1) is 0 Å². The molecule has 0 spiro atoms. The molecule has 0 bridgehead atoms. The van der Waals surface area contributed by atoms with Crippen LogP contribution in [0.15, 0.2) is 16.9 Å². The Hall–Kier alpha value is -1.86. The van der Waals surface area contributed by atoms with E-state index in [4.69, 9.17) is 23.2 Å². The summed E-state index contributed by atoms with van der Waals surface area (Å²) in [5, 5.41) is 20.9. The molecule has 1 aromatic carbocycles. The van der Waals surface area contributed by atoms with Crippen molar-refractivity contribution in [2.24, 2.45) is 0 Å². The summed E-state index contributed by atoms with van der Waals surface area (Å²) in [6, 6.07) is 3.50. The number of amides is 1. The lowest BCUT2D eigenvalue weighted by Gasteiger charge is -2.32. The molecule has 30 heavy (non-hydrogen) atoms. The average molecular weight is 453 g/mol. The molecule has 3 N–H and O–H groups in total. The molecular formula is C22H26Cl2N2O4. The molecule has 162 valence electrons. The Morgan fingerprint density at radius 3 is 2.33 bits per heavy atom. The van der Waals surface area contributed by atoms with Crippen molar-refractivity contribution >= 4 is 29.1 Å². The van der Waals surface area contributed by atoms with Gasteiger partial charge in [0.15, 0.2) is 0 Å². The van der Waals surface area contributed by atoms with Crippen LogP contribution in [0.5, 0.6) is 0 Å². The largest absolute Gasteiger partial charge is 0.393 e. The molecule has 0 saturated heterocycles. The highest BCUT2D eigenvalue weighted by Crippen LogP contribution is 2.40. The van der Waals surface area contributed by atoms with Gasteiger partial charge in [-0.05, 0) is 62.9 Å². The smallest absolute Gasteiger partial charge is 0.256 e. The number of aliphatic hydroxyl groups is 2. The van der Waals surface area contributed by atoms with Gasteiger partial charge >= 0.3 is 0 Å². The number of hydrogen-bond acceptors (Lipinski definition) is 4. The van der Waals surface area contributed by atoms with Gasteiger partial charge in [0.2, 0.25) is 0 Å². The minimum absolute atomic E-state index is 0.161. The molecule has 2 aromatic rings. The number of halogens is 2. The molecule has 0 radical (unpaired) electrons. The number of hydrogen-bond donors (Lipinski definition) is 3. The monoisotopic (exact) mass is 452 g/mol. The highest BCUT2D eigenvalue weighted by atomic mass is 35.5. The third-order valence-corrected chi connectivity index (χ3v) is 6.46. The zero-order valence-electron chi connectivity index (χ0n) is 17.4. The van der Waals surface area contributed by atoms with Crippen LogP contribution in [0.1, 0.15) is 58.1 Å². The molecule has 0 fully saturated rings. The lowest BCUT2D eigenvalue weighted by atomic mass is 9.86. The SMILES string of the molecule is Cc1cc(C)c(CN2CCc3c(Cl)cc(C([C@H](C)O)[C@@H](C)O)c(Cl)c3C2=O)c(=O)[nH]1. The Balaban J connectivity index is 2.05. The van der Waals surface area contributed by atoms with Crippen molar-refractivity contribution in [2.75, 3.05) is 6.54 Å². The number of pyridine rings is 1. The Morgan fingerprint density at radius 1 is 1.13 bits per heavy atom. The van der Waals surface area contributed by atoms with Crippen LogP contribution in [0.25, 0.3) is 0 Å². The van der Waals surface area contributed by atoms with E-state index in [2.05, 4.69) is 4.98 Å². The van der Waals surface area contributed by atoms with Gasteiger partial charge in [-0.3, -0.25) is 9.59 Å². The van der Waals surface area contributed by atoms with Gasteiger partial charge in [0.05, 0.1) is 29.3 Å². The summed E-state index contributed by atoms with van der Waals surface area (Å²) in [6.07, 6.45) is -1.28. The zero-order chi connectivity index (χ0) is 22.3. The van der Waals surface area contributed by atoms with Gasteiger partial charge in [-0.1, -0.05) is 23.2 Å². The van der Waals surface area contributed by atoms with Crippen molar-refractivity contribution in [3.05, 3.63) is 66.0 Å². The van der Waals surface area contributed by atoms with E-state index >= 15 is 0 Å². The van der Waals surface area contributed by atoms with Crippen LogP contribution in [0.2, 0.25) is 10.0 Å². The van der Waals surface area contributed by atoms with E-state index in [1.165, 1.54) is 0 Å². The van der Waals surface area contributed by atoms with Crippen LogP contribution >= 0.6 is 23.2 Å². The van der Waals surface area contributed by atoms with Crippen molar-refractivity contribution in [2.45, 2.75) is 58.8 Å². The topological polar surface area (TPSA) is 93.6 Å².